The number of allylic oxidation sites excluding steroid dienone is 1. The number of rotatable bonds is 6. The maximum absolute atomic E-state index is 14.0. The summed E-state index contributed by atoms with van der Waals surface area (Å²) in [5.74, 6) is -1.79. The van der Waals surface area contributed by atoms with E-state index < -0.39 is 23.7 Å². The van der Waals surface area contributed by atoms with Gasteiger partial charge < -0.3 is 4.74 Å². The SMILES string of the molecule is C=CCC[C@H]1CC[C@H]([C@H]2CC[C@H](c3cc(F)c(OC(F)(F)F)c(F)c3)CC2)CC1. The zero-order valence-corrected chi connectivity index (χ0v) is 16.6. The lowest BCUT2D eigenvalue weighted by molar-refractivity contribution is -0.276. The second-order valence-corrected chi connectivity index (χ2v) is 8.62. The first kappa shape index (κ1) is 22.1. The molecule has 0 bridgehead atoms. The summed E-state index contributed by atoms with van der Waals surface area (Å²) >= 11 is 0. The van der Waals surface area contributed by atoms with Crippen LogP contribution in [0.5, 0.6) is 5.75 Å². The molecule has 0 saturated heterocycles. The standard InChI is InChI=1S/C23H29F5O/c1-2-3-4-15-5-7-16(8-6-15)17-9-11-18(12-10-17)19-13-20(24)22(21(25)14-19)29-23(26,27)28/h2,13-18H,1,3-12H2/t15-,16-,17-,18-. The Morgan fingerprint density at radius 3 is 1.90 bits per heavy atom. The van der Waals surface area contributed by atoms with Gasteiger partial charge in [-0.15, -0.1) is 19.8 Å². The van der Waals surface area contributed by atoms with Gasteiger partial charge in [-0.3, -0.25) is 0 Å². The van der Waals surface area contributed by atoms with Crippen molar-refractivity contribution in [3.63, 3.8) is 0 Å². The summed E-state index contributed by atoms with van der Waals surface area (Å²) in [7, 11) is 0. The van der Waals surface area contributed by atoms with Gasteiger partial charge in [-0.25, -0.2) is 8.78 Å². The minimum atomic E-state index is -5.12. The van der Waals surface area contributed by atoms with E-state index in [1.165, 1.54) is 32.1 Å². The zero-order valence-electron chi connectivity index (χ0n) is 16.6. The molecular weight excluding hydrogens is 387 g/mol. The molecule has 3 rings (SSSR count). The zero-order chi connectivity index (χ0) is 21.0. The number of hydrogen-bond acceptors (Lipinski definition) is 1. The fourth-order valence-corrected chi connectivity index (χ4v) is 5.25. The molecule has 0 amide bonds. The Morgan fingerprint density at radius 2 is 1.41 bits per heavy atom. The van der Waals surface area contributed by atoms with Gasteiger partial charge >= 0.3 is 6.36 Å². The molecule has 1 aromatic carbocycles. The third-order valence-corrected chi connectivity index (χ3v) is 6.82. The van der Waals surface area contributed by atoms with Crippen LogP contribution in [0.15, 0.2) is 24.8 Å². The Bertz CT molecular complexity index is 660. The second kappa shape index (κ2) is 9.48. The molecule has 0 aliphatic heterocycles. The van der Waals surface area contributed by atoms with Crippen molar-refractivity contribution in [3.8, 4) is 5.75 Å². The molecule has 2 saturated carbocycles. The van der Waals surface area contributed by atoms with E-state index in [2.05, 4.69) is 11.3 Å². The largest absolute Gasteiger partial charge is 0.573 e. The minimum absolute atomic E-state index is 0.0147. The van der Waals surface area contributed by atoms with Gasteiger partial charge in [0.15, 0.2) is 11.6 Å². The van der Waals surface area contributed by atoms with Crippen LogP contribution >= 0.6 is 0 Å². The minimum Gasteiger partial charge on any atom is -0.399 e. The normalized spacial score (nSPS) is 28.2. The van der Waals surface area contributed by atoms with Crippen LogP contribution in [0.4, 0.5) is 22.0 Å². The number of ether oxygens (including phenoxy) is 1. The molecule has 2 fully saturated rings. The highest BCUT2D eigenvalue weighted by atomic mass is 19.4. The molecular formula is C23H29F5O. The predicted octanol–water partition coefficient (Wildman–Crippen LogP) is 7.91. The number of hydrogen-bond donors (Lipinski definition) is 0. The summed E-state index contributed by atoms with van der Waals surface area (Å²) in [6.07, 6.45) is 7.90. The third-order valence-electron chi connectivity index (χ3n) is 6.82. The molecule has 0 aromatic heterocycles. The van der Waals surface area contributed by atoms with Gasteiger partial charge in [-0.05, 0) is 92.7 Å². The molecule has 162 valence electrons. The smallest absolute Gasteiger partial charge is 0.399 e. The summed E-state index contributed by atoms with van der Waals surface area (Å²) < 4.78 is 68.4. The lowest BCUT2D eigenvalue weighted by Gasteiger charge is -2.38. The molecule has 1 aromatic rings. The second-order valence-electron chi connectivity index (χ2n) is 8.62. The molecule has 29 heavy (non-hydrogen) atoms. The number of benzene rings is 1. The fraction of sp³-hybridized carbons (Fsp3) is 0.652. The lowest BCUT2D eigenvalue weighted by Crippen LogP contribution is -2.25. The summed E-state index contributed by atoms with van der Waals surface area (Å²) in [5, 5.41) is 0. The van der Waals surface area contributed by atoms with Gasteiger partial charge in [0, 0.05) is 0 Å². The Hall–Kier alpha value is -1.59. The third kappa shape index (κ3) is 5.95. The van der Waals surface area contributed by atoms with Crippen molar-refractivity contribution in [1.29, 1.82) is 0 Å². The summed E-state index contributed by atoms with van der Waals surface area (Å²) in [4.78, 5) is 0. The van der Waals surface area contributed by atoms with E-state index >= 15 is 0 Å². The first-order chi connectivity index (χ1) is 13.8. The molecule has 0 heterocycles. The van der Waals surface area contributed by atoms with Gasteiger partial charge in [0.25, 0.3) is 0 Å². The van der Waals surface area contributed by atoms with Gasteiger partial charge in [0.1, 0.15) is 0 Å². The lowest BCUT2D eigenvalue weighted by atomic mass is 9.68. The number of alkyl halides is 3. The van der Waals surface area contributed by atoms with Gasteiger partial charge in [0.05, 0.1) is 0 Å². The molecule has 0 atom stereocenters. The quantitative estimate of drug-likeness (QED) is 0.338. The van der Waals surface area contributed by atoms with Crippen LogP contribution in [0.3, 0.4) is 0 Å². The van der Waals surface area contributed by atoms with E-state index in [-0.39, 0.29) is 5.92 Å². The Morgan fingerprint density at radius 1 is 0.897 bits per heavy atom. The monoisotopic (exact) mass is 416 g/mol. The van der Waals surface area contributed by atoms with Gasteiger partial charge in [0.2, 0.25) is 5.75 Å². The average molecular weight is 416 g/mol. The van der Waals surface area contributed by atoms with Crippen LogP contribution < -0.4 is 4.74 Å². The molecule has 0 N–H and O–H groups in total. The Labute approximate surface area is 169 Å². The highest BCUT2D eigenvalue weighted by molar-refractivity contribution is 5.33. The summed E-state index contributed by atoms with van der Waals surface area (Å²) in [6, 6.07) is 2.00. The van der Waals surface area contributed by atoms with Crippen molar-refractivity contribution >= 4 is 0 Å². The maximum atomic E-state index is 14.0. The molecule has 2 aliphatic carbocycles. The van der Waals surface area contributed by atoms with Crippen molar-refractivity contribution in [2.24, 2.45) is 17.8 Å². The molecule has 2 aliphatic rings. The molecule has 0 unspecified atom stereocenters. The maximum Gasteiger partial charge on any atom is 0.573 e. The molecule has 1 nitrogen and oxygen atoms in total. The van der Waals surface area contributed by atoms with Crippen LogP contribution in [-0.4, -0.2) is 6.36 Å². The first-order valence-electron chi connectivity index (χ1n) is 10.6. The van der Waals surface area contributed by atoms with Crippen molar-refractivity contribution < 1.29 is 26.7 Å². The average Bonchev–Trinajstić information content (AvgIpc) is 2.69. The highest BCUT2D eigenvalue weighted by Crippen LogP contribution is 2.45. The molecule has 0 radical (unpaired) electrons. The van der Waals surface area contributed by atoms with Crippen LogP contribution in [-0.2, 0) is 0 Å². The van der Waals surface area contributed by atoms with Crippen molar-refractivity contribution in [2.45, 2.75) is 76.5 Å². The molecule has 0 spiro atoms. The first-order valence-corrected chi connectivity index (χ1v) is 10.6. The van der Waals surface area contributed by atoms with Crippen LogP contribution in [0, 0.1) is 29.4 Å². The van der Waals surface area contributed by atoms with E-state index in [4.69, 9.17) is 0 Å². The fourth-order valence-electron chi connectivity index (χ4n) is 5.25. The van der Waals surface area contributed by atoms with E-state index in [0.29, 0.717) is 11.5 Å². The summed E-state index contributed by atoms with van der Waals surface area (Å²) in [5.41, 5.74) is 0.432. The predicted molar refractivity (Wildman–Crippen MR) is 103 cm³/mol. The van der Waals surface area contributed by atoms with E-state index in [0.717, 1.165) is 56.1 Å². The Balaban J connectivity index is 1.54. The Kier molecular flexibility index (Phi) is 7.23. The van der Waals surface area contributed by atoms with Crippen LogP contribution in [0.25, 0.3) is 0 Å². The van der Waals surface area contributed by atoms with E-state index in [1.54, 1.807) is 0 Å². The number of halogens is 5. The molecule has 6 heteroatoms. The van der Waals surface area contributed by atoms with Crippen molar-refractivity contribution in [3.05, 3.63) is 42.0 Å². The van der Waals surface area contributed by atoms with E-state index in [1.807, 2.05) is 6.08 Å². The van der Waals surface area contributed by atoms with E-state index in [9.17, 15) is 22.0 Å². The topological polar surface area (TPSA) is 9.23 Å². The summed E-state index contributed by atoms with van der Waals surface area (Å²) in [6.45, 7) is 3.79. The van der Waals surface area contributed by atoms with Crippen molar-refractivity contribution in [1.82, 2.24) is 0 Å². The van der Waals surface area contributed by atoms with Gasteiger partial charge in [-0.1, -0.05) is 18.9 Å². The van der Waals surface area contributed by atoms with Crippen LogP contribution in [0.1, 0.15) is 75.7 Å². The van der Waals surface area contributed by atoms with Gasteiger partial charge in [-0.2, -0.15) is 0 Å². The van der Waals surface area contributed by atoms with Crippen molar-refractivity contribution in [2.75, 3.05) is 0 Å². The van der Waals surface area contributed by atoms with Crippen LogP contribution in [0.2, 0.25) is 0 Å². The highest BCUT2D eigenvalue weighted by Gasteiger charge is 2.35.